The first-order valence-corrected chi connectivity index (χ1v) is 7.70. The summed E-state index contributed by atoms with van der Waals surface area (Å²) in [5.41, 5.74) is -0.0462. The van der Waals surface area contributed by atoms with Crippen LogP contribution in [0.1, 0.15) is 45.2 Å². The average Bonchev–Trinajstić information content (AvgIpc) is 3.15. The van der Waals surface area contributed by atoms with Crippen molar-refractivity contribution in [2.24, 2.45) is 4.99 Å². The minimum Gasteiger partial charge on any atom is -0.443 e. The summed E-state index contributed by atoms with van der Waals surface area (Å²) >= 11 is 0. The van der Waals surface area contributed by atoms with Crippen molar-refractivity contribution in [2.45, 2.75) is 52.7 Å². The van der Waals surface area contributed by atoms with Crippen molar-refractivity contribution in [1.29, 1.82) is 0 Å². The third kappa shape index (κ3) is 4.54. The van der Waals surface area contributed by atoms with Gasteiger partial charge in [-0.25, -0.2) is 4.98 Å². The Kier molecular flexibility index (Phi) is 5.36. The van der Waals surface area contributed by atoms with Gasteiger partial charge >= 0.3 is 0 Å². The van der Waals surface area contributed by atoms with Gasteiger partial charge in [0.15, 0.2) is 11.8 Å². The second kappa shape index (κ2) is 7.26. The van der Waals surface area contributed by atoms with E-state index in [1.165, 1.54) is 0 Å². The molecule has 8 heteroatoms. The molecule has 0 saturated heterocycles. The molecule has 0 radical (unpaired) electrons. The first kappa shape index (κ1) is 17.0. The summed E-state index contributed by atoms with van der Waals surface area (Å²) in [4.78, 5) is 8.47. The first-order chi connectivity index (χ1) is 10.9. The molecule has 2 aromatic rings. The number of aliphatic imine (C=N–C) groups is 1. The third-order valence-electron chi connectivity index (χ3n) is 3.37. The van der Waals surface area contributed by atoms with Crippen molar-refractivity contribution < 1.29 is 4.42 Å². The number of nitrogens with one attached hydrogen (secondary N) is 2. The highest BCUT2D eigenvalue weighted by atomic mass is 16.4. The van der Waals surface area contributed by atoms with Crippen LogP contribution < -0.4 is 10.6 Å². The highest BCUT2D eigenvalue weighted by molar-refractivity contribution is 5.79. The number of rotatable bonds is 5. The summed E-state index contributed by atoms with van der Waals surface area (Å²) in [6.45, 7) is 10.2. The Hall–Kier alpha value is -2.38. The van der Waals surface area contributed by atoms with E-state index in [-0.39, 0.29) is 5.41 Å². The molecule has 0 unspecified atom stereocenters. The first-order valence-electron chi connectivity index (χ1n) is 7.70. The number of oxazole rings is 1. The number of nitrogens with zero attached hydrogens (tertiary/aromatic N) is 5. The molecule has 2 aromatic heterocycles. The Morgan fingerprint density at radius 2 is 2.04 bits per heavy atom. The number of hydrogen-bond donors (Lipinski definition) is 2. The molecule has 2 rings (SSSR count). The van der Waals surface area contributed by atoms with E-state index in [1.807, 2.05) is 4.57 Å². The molecule has 0 aliphatic rings. The molecule has 2 heterocycles. The van der Waals surface area contributed by atoms with Crippen molar-refractivity contribution in [1.82, 2.24) is 30.4 Å². The number of guanidine groups is 1. The summed E-state index contributed by atoms with van der Waals surface area (Å²) in [5, 5.41) is 14.4. The van der Waals surface area contributed by atoms with E-state index in [0.29, 0.717) is 24.9 Å². The van der Waals surface area contributed by atoms with E-state index in [2.05, 4.69) is 58.5 Å². The van der Waals surface area contributed by atoms with Gasteiger partial charge in [0.05, 0.1) is 19.3 Å². The molecule has 0 amide bonds. The molecule has 0 aliphatic heterocycles. The van der Waals surface area contributed by atoms with Crippen LogP contribution in [0, 0.1) is 0 Å². The summed E-state index contributed by atoms with van der Waals surface area (Å²) < 4.78 is 7.72. The Labute approximate surface area is 136 Å². The van der Waals surface area contributed by atoms with Gasteiger partial charge in [-0.05, 0) is 6.92 Å². The molecule has 0 aliphatic carbocycles. The second-order valence-corrected chi connectivity index (χ2v) is 6.18. The van der Waals surface area contributed by atoms with Gasteiger partial charge in [0.1, 0.15) is 12.1 Å². The van der Waals surface area contributed by atoms with E-state index in [4.69, 9.17) is 4.42 Å². The van der Waals surface area contributed by atoms with Crippen molar-refractivity contribution in [3.8, 4) is 0 Å². The average molecular weight is 319 g/mol. The van der Waals surface area contributed by atoms with Gasteiger partial charge in [-0.2, -0.15) is 0 Å². The van der Waals surface area contributed by atoms with E-state index in [9.17, 15) is 0 Å². The Morgan fingerprint density at radius 3 is 2.65 bits per heavy atom. The fraction of sp³-hybridized carbons (Fsp3) is 0.600. The topological polar surface area (TPSA) is 93.2 Å². The van der Waals surface area contributed by atoms with Gasteiger partial charge in [0.2, 0.25) is 5.89 Å². The van der Waals surface area contributed by atoms with Crippen LogP contribution in [0.3, 0.4) is 0 Å². The smallest absolute Gasteiger partial charge is 0.213 e. The van der Waals surface area contributed by atoms with Crippen LogP contribution in [-0.2, 0) is 25.0 Å². The number of aromatic nitrogens is 4. The molecule has 0 saturated carbocycles. The summed E-state index contributed by atoms with van der Waals surface area (Å²) in [6.07, 6.45) is 3.49. The van der Waals surface area contributed by atoms with E-state index in [0.717, 1.165) is 18.1 Å². The lowest BCUT2D eigenvalue weighted by Gasteiger charge is -2.13. The van der Waals surface area contributed by atoms with Crippen molar-refractivity contribution >= 4 is 5.96 Å². The summed E-state index contributed by atoms with van der Waals surface area (Å²) in [6, 6.07) is 0. The lowest BCUT2D eigenvalue weighted by molar-refractivity contribution is 0.379. The molecule has 0 atom stereocenters. The van der Waals surface area contributed by atoms with Crippen molar-refractivity contribution in [2.75, 3.05) is 7.05 Å². The highest BCUT2D eigenvalue weighted by Crippen LogP contribution is 2.22. The lowest BCUT2D eigenvalue weighted by atomic mass is 9.94. The monoisotopic (exact) mass is 319 g/mol. The van der Waals surface area contributed by atoms with Crippen LogP contribution >= 0.6 is 0 Å². The van der Waals surface area contributed by atoms with Gasteiger partial charge in [-0.3, -0.25) is 4.99 Å². The second-order valence-electron chi connectivity index (χ2n) is 6.18. The zero-order valence-electron chi connectivity index (χ0n) is 14.4. The van der Waals surface area contributed by atoms with Gasteiger partial charge in [0.25, 0.3) is 0 Å². The molecule has 0 fully saturated rings. The molecule has 8 nitrogen and oxygen atoms in total. The molecule has 23 heavy (non-hydrogen) atoms. The minimum atomic E-state index is -0.0462. The van der Waals surface area contributed by atoms with Crippen LogP contribution in [0.15, 0.2) is 21.9 Å². The largest absolute Gasteiger partial charge is 0.443 e. The maximum Gasteiger partial charge on any atom is 0.213 e. The molecule has 0 aromatic carbocycles. The van der Waals surface area contributed by atoms with Crippen molar-refractivity contribution in [3.05, 3.63) is 30.0 Å². The summed E-state index contributed by atoms with van der Waals surface area (Å²) in [7, 11) is 1.72. The standard InChI is InChI=1S/C15H25N7O/c1-6-22-10-20-21-12(22)8-18-14(16-5)19-9-13-17-7-11(23-13)15(2,3)4/h7,10H,6,8-9H2,1-5H3,(H2,16,18,19). The Morgan fingerprint density at radius 1 is 1.30 bits per heavy atom. The predicted molar refractivity (Wildman–Crippen MR) is 87.9 cm³/mol. The lowest BCUT2D eigenvalue weighted by Crippen LogP contribution is -2.37. The fourth-order valence-corrected chi connectivity index (χ4v) is 1.96. The molecule has 0 spiro atoms. The molecule has 2 N–H and O–H groups in total. The third-order valence-corrected chi connectivity index (χ3v) is 3.37. The van der Waals surface area contributed by atoms with E-state index in [1.54, 1.807) is 19.6 Å². The number of hydrogen-bond acceptors (Lipinski definition) is 5. The van der Waals surface area contributed by atoms with Gasteiger partial charge < -0.3 is 19.6 Å². The summed E-state index contributed by atoms with van der Waals surface area (Å²) in [5.74, 6) is 3.02. The van der Waals surface area contributed by atoms with Crippen LogP contribution in [0.4, 0.5) is 0 Å². The Balaban J connectivity index is 1.87. The molecular formula is C15H25N7O. The Bertz CT molecular complexity index is 651. The molecule has 0 bridgehead atoms. The maximum atomic E-state index is 5.75. The SMILES string of the molecule is CCn1cnnc1CNC(=NC)NCc1ncc(C(C)(C)C)o1. The van der Waals surface area contributed by atoms with E-state index >= 15 is 0 Å². The van der Waals surface area contributed by atoms with Gasteiger partial charge in [-0.1, -0.05) is 20.8 Å². The van der Waals surface area contributed by atoms with Crippen LogP contribution in [0.5, 0.6) is 0 Å². The maximum absolute atomic E-state index is 5.75. The predicted octanol–water partition coefficient (Wildman–Crippen LogP) is 1.45. The zero-order valence-corrected chi connectivity index (χ0v) is 14.4. The van der Waals surface area contributed by atoms with Crippen LogP contribution in [-0.4, -0.2) is 32.8 Å². The quantitative estimate of drug-likeness (QED) is 0.640. The van der Waals surface area contributed by atoms with Crippen LogP contribution in [0.2, 0.25) is 0 Å². The minimum absolute atomic E-state index is 0.0462. The van der Waals surface area contributed by atoms with Gasteiger partial charge in [-0.15, -0.1) is 10.2 Å². The normalized spacial score (nSPS) is 12.5. The van der Waals surface area contributed by atoms with Gasteiger partial charge in [0, 0.05) is 19.0 Å². The zero-order chi connectivity index (χ0) is 16.9. The highest BCUT2D eigenvalue weighted by Gasteiger charge is 2.19. The number of aryl methyl sites for hydroxylation is 1. The molecular weight excluding hydrogens is 294 g/mol. The van der Waals surface area contributed by atoms with Crippen molar-refractivity contribution in [3.63, 3.8) is 0 Å². The fourth-order valence-electron chi connectivity index (χ4n) is 1.96. The molecule has 126 valence electrons. The van der Waals surface area contributed by atoms with E-state index < -0.39 is 0 Å². The van der Waals surface area contributed by atoms with Crippen LogP contribution in [0.25, 0.3) is 0 Å².